The Kier molecular flexibility index (Phi) is 2.60. The number of fused-ring (bicyclic) bond motifs is 1. The number of aromatic amines is 1. The minimum atomic E-state index is -0.348. The highest BCUT2D eigenvalue weighted by Gasteiger charge is 2.04. The number of H-pyrrole nitrogens is 1. The molecule has 0 saturated carbocycles. The van der Waals surface area contributed by atoms with Crippen LogP contribution in [0.3, 0.4) is 0 Å². The molecule has 2 aromatic rings. The lowest BCUT2D eigenvalue weighted by molar-refractivity contribution is 0.637. The van der Waals surface area contributed by atoms with E-state index in [9.17, 15) is 4.39 Å². The first-order valence-electron chi connectivity index (χ1n) is 4.36. The van der Waals surface area contributed by atoms with Gasteiger partial charge in [0.2, 0.25) is 0 Å². The molecule has 0 spiro atoms. The fourth-order valence-corrected chi connectivity index (χ4v) is 1.43. The molecule has 0 fully saturated rings. The Morgan fingerprint density at radius 1 is 1.53 bits per heavy atom. The van der Waals surface area contributed by atoms with Crippen molar-refractivity contribution in [1.29, 1.82) is 0 Å². The van der Waals surface area contributed by atoms with Crippen molar-refractivity contribution in [2.24, 2.45) is 10.7 Å². The Morgan fingerprint density at radius 2 is 2.33 bits per heavy atom. The summed E-state index contributed by atoms with van der Waals surface area (Å²) in [5, 5.41) is 0.760. The zero-order chi connectivity index (χ0) is 10.8. The van der Waals surface area contributed by atoms with E-state index in [2.05, 4.69) is 9.98 Å². The van der Waals surface area contributed by atoms with E-state index in [4.69, 9.17) is 17.3 Å². The smallest absolute Gasteiger partial charge is 0.149 e. The van der Waals surface area contributed by atoms with Gasteiger partial charge in [0.15, 0.2) is 0 Å². The number of benzene rings is 1. The number of hydrogen-bond donors (Lipinski definition) is 2. The molecule has 1 heterocycles. The highest BCUT2D eigenvalue weighted by atomic mass is 35.5. The van der Waals surface area contributed by atoms with Crippen molar-refractivity contribution in [1.82, 2.24) is 4.98 Å². The van der Waals surface area contributed by atoms with Gasteiger partial charge in [-0.15, -0.1) is 11.6 Å². The maximum atomic E-state index is 13.5. The standard InChI is InChI=1S/C10H9ClFN3/c11-5-9(13)15-7-3-6-1-2-14-10(6)8(12)4-7/h1-4,14H,5H2,(H2,13,15). The van der Waals surface area contributed by atoms with Crippen LogP contribution in [0.1, 0.15) is 0 Å². The van der Waals surface area contributed by atoms with E-state index in [1.165, 1.54) is 6.07 Å². The van der Waals surface area contributed by atoms with Crippen LogP contribution in [0.15, 0.2) is 29.4 Å². The lowest BCUT2D eigenvalue weighted by atomic mass is 10.2. The Morgan fingerprint density at radius 3 is 3.07 bits per heavy atom. The molecule has 15 heavy (non-hydrogen) atoms. The second-order valence-electron chi connectivity index (χ2n) is 3.11. The summed E-state index contributed by atoms with van der Waals surface area (Å²) in [6, 6.07) is 4.83. The molecule has 2 rings (SSSR count). The summed E-state index contributed by atoms with van der Waals surface area (Å²) < 4.78 is 13.5. The fourth-order valence-electron chi connectivity index (χ4n) is 1.37. The molecule has 3 N–H and O–H groups in total. The van der Waals surface area contributed by atoms with Crippen LogP contribution in [0, 0.1) is 5.82 Å². The molecule has 0 radical (unpaired) electrons. The zero-order valence-corrected chi connectivity index (χ0v) is 8.55. The zero-order valence-electron chi connectivity index (χ0n) is 7.80. The maximum Gasteiger partial charge on any atom is 0.149 e. The van der Waals surface area contributed by atoms with Crippen molar-refractivity contribution in [3.05, 3.63) is 30.2 Å². The van der Waals surface area contributed by atoms with E-state index in [-0.39, 0.29) is 17.5 Å². The fraction of sp³-hybridized carbons (Fsp3) is 0.100. The predicted octanol–water partition coefficient (Wildman–Crippen LogP) is 2.53. The normalized spacial score (nSPS) is 12.3. The lowest BCUT2D eigenvalue weighted by Crippen LogP contribution is -2.12. The monoisotopic (exact) mass is 225 g/mol. The number of nitrogens with two attached hydrogens (primary N) is 1. The van der Waals surface area contributed by atoms with Crippen LogP contribution >= 0.6 is 11.6 Å². The number of halogens is 2. The minimum Gasteiger partial charge on any atom is -0.386 e. The molecule has 0 aliphatic rings. The second-order valence-corrected chi connectivity index (χ2v) is 3.37. The average molecular weight is 226 g/mol. The SMILES string of the molecule is NC(CCl)=Nc1cc(F)c2[nH]ccc2c1. The first kappa shape index (κ1) is 9.98. The quantitative estimate of drug-likeness (QED) is 0.461. The average Bonchev–Trinajstić information content (AvgIpc) is 2.66. The van der Waals surface area contributed by atoms with Crippen molar-refractivity contribution in [2.45, 2.75) is 0 Å². The number of rotatable bonds is 2. The summed E-state index contributed by atoms with van der Waals surface area (Å²) in [4.78, 5) is 6.78. The number of amidine groups is 1. The maximum absolute atomic E-state index is 13.5. The van der Waals surface area contributed by atoms with Crippen molar-refractivity contribution in [3.8, 4) is 0 Å². The molecule has 0 aliphatic carbocycles. The highest BCUT2D eigenvalue weighted by molar-refractivity contribution is 6.28. The first-order chi connectivity index (χ1) is 7.20. The molecule has 0 aliphatic heterocycles. The summed E-state index contributed by atoms with van der Waals surface area (Å²) in [5.74, 6) is 0.0526. The Hall–Kier alpha value is -1.55. The van der Waals surface area contributed by atoms with Gasteiger partial charge in [-0.1, -0.05) is 0 Å². The van der Waals surface area contributed by atoms with Gasteiger partial charge in [0.25, 0.3) is 0 Å². The molecule has 0 atom stereocenters. The Balaban J connectivity index is 2.54. The van der Waals surface area contributed by atoms with Crippen molar-refractivity contribution >= 4 is 34.0 Å². The summed E-state index contributed by atoms with van der Waals surface area (Å²) in [7, 11) is 0. The molecule has 0 unspecified atom stereocenters. The molecular formula is C10H9ClFN3. The lowest BCUT2D eigenvalue weighted by Gasteiger charge is -1.98. The van der Waals surface area contributed by atoms with Gasteiger partial charge in [-0.05, 0) is 12.1 Å². The number of nitrogens with one attached hydrogen (secondary N) is 1. The van der Waals surface area contributed by atoms with Gasteiger partial charge in [-0.3, -0.25) is 0 Å². The molecule has 3 nitrogen and oxygen atoms in total. The van der Waals surface area contributed by atoms with Gasteiger partial charge in [0.05, 0.1) is 17.1 Å². The number of aliphatic imine (C=N–C) groups is 1. The van der Waals surface area contributed by atoms with E-state index in [1.807, 2.05) is 0 Å². The molecule has 1 aromatic carbocycles. The molecule has 78 valence electrons. The van der Waals surface area contributed by atoms with Crippen LogP contribution in [0.25, 0.3) is 10.9 Å². The number of nitrogens with zero attached hydrogens (tertiary/aromatic N) is 1. The third kappa shape index (κ3) is 1.94. The van der Waals surface area contributed by atoms with Crippen molar-refractivity contribution in [3.63, 3.8) is 0 Å². The molecule has 0 bridgehead atoms. The third-order valence-electron chi connectivity index (χ3n) is 2.01. The largest absolute Gasteiger partial charge is 0.386 e. The van der Waals surface area contributed by atoms with Gasteiger partial charge < -0.3 is 10.7 Å². The Labute approximate surface area is 90.8 Å². The number of aromatic nitrogens is 1. The van der Waals surface area contributed by atoms with Crippen LogP contribution < -0.4 is 5.73 Å². The van der Waals surface area contributed by atoms with Crippen molar-refractivity contribution < 1.29 is 4.39 Å². The van der Waals surface area contributed by atoms with Gasteiger partial charge in [0, 0.05) is 17.6 Å². The molecule has 5 heteroatoms. The van der Waals surface area contributed by atoms with Gasteiger partial charge >= 0.3 is 0 Å². The van der Waals surface area contributed by atoms with Crippen LogP contribution in [0.4, 0.5) is 10.1 Å². The number of hydrogen-bond acceptors (Lipinski definition) is 1. The predicted molar refractivity (Wildman–Crippen MR) is 60.3 cm³/mol. The van der Waals surface area contributed by atoms with Gasteiger partial charge in [-0.25, -0.2) is 9.38 Å². The van der Waals surface area contributed by atoms with E-state index in [0.29, 0.717) is 11.2 Å². The van der Waals surface area contributed by atoms with E-state index >= 15 is 0 Å². The van der Waals surface area contributed by atoms with E-state index < -0.39 is 0 Å². The van der Waals surface area contributed by atoms with E-state index in [1.54, 1.807) is 18.3 Å². The summed E-state index contributed by atoms with van der Waals surface area (Å²) in [5.41, 5.74) is 6.40. The highest BCUT2D eigenvalue weighted by Crippen LogP contribution is 2.23. The van der Waals surface area contributed by atoms with Crippen molar-refractivity contribution in [2.75, 3.05) is 5.88 Å². The third-order valence-corrected chi connectivity index (χ3v) is 2.28. The van der Waals surface area contributed by atoms with Crippen LogP contribution in [-0.2, 0) is 0 Å². The van der Waals surface area contributed by atoms with Crippen LogP contribution in [-0.4, -0.2) is 16.7 Å². The molecular weight excluding hydrogens is 217 g/mol. The van der Waals surface area contributed by atoms with Gasteiger partial charge in [0.1, 0.15) is 11.7 Å². The summed E-state index contributed by atoms with van der Waals surface area (Å²) >= 11 is 5.48. The molecule has 0 amide bonds. The van der Waals surface area contributed by atoms with Crippen LogP contribution in [0.2, 0.25) is 0 Å². The second kappa shape index (κ2) is 3.90. The summed E-state index contributed by atoms with van der Waals surface area (Å²) in [6.07, 6.45) is 1.67. The van der Waals surface area contributed by atoms with Crippen LogP contribution in [0.5, 0.6) is 0 Å². The topological polar surface area (TPSA) is 54.2 Å². The van der Waals surface area contributed by atoms with Gasteiger partial charge in [-0.2, -0.15) is 0 Å². The minimum absolute atomic E-state index is 0.132. The number of alkyl halides is 1. The molecule has 0 saturated heterocycles. The first-order valence-corrected chi connectivity index (χ1v) is 4.90. The summed E-state index contributed by atoms with van der Waals surface area (Å²) in [6.45, 7) is 0. The Bertz CT molecular complexity index is 518. The molecule has 1 aromatic heterocycles. The van der Waals surface area contributed by atoms with E-state index in [0.717, 1.165) is 5.39 Å².